The summed E-state index contributed by atoms with van der Waals surface area (Å²) in [7, 11) is 0. The Morgan fingerprint density at radius 2 is 1.94 bits per heavy atom. The molecule has 0 bridgehead atoms. The molecule has 4 rings (SSSR count). The number of nitrogens with one attached hydrogen (secondary N) is 1. The topological polar surface area (TPSA) is 69.0 Å². The number of rotatable bonds is 6. The highest BCUT2D eigenvalue weighted by Crippen LogP contribution is 2.37. The van der Waals surface area contributed by atoms with Gasteiger partial charge < -0.3 is 10.1 Å². The van der Waals surface area contributed by atoms with Crippen molar-refractivity contribution in [3.63, 3.8) is 0 Å². The van der Waals surface area contributed by atoms with E-state index in [1.54, 1.807) is 30.7 Å². The first kappa shape index (κ1) is 21.4. The molecule has 0 aliphatic carbocycles. The van der Waals surface area contributed by atoms with Gasteiger partial charge >= 0.3 is 5.97 Å². The summed E-state index contributed by atoms with van der Waals surface area (Å²) in [5.41, 5.74) is 2.85. The predicted octanol–water partition coefficient (Wildman–Crippen LogP) is 5.21. The molecular weight excluding hydrogens is 439 g/mol. The summed E-state index contributed by atoms with van der Waals surface area (Å²) in [5, 5.41) is 9.03. The van der Waals surface area contributed by atoms with Crippen molar-refractivity contribution in [2.75, 3.05) is 11.9 Å². The third kappa shape index (κ3) is 4.60. The minimum atomic E-state index is -0.576. The number of hydrogen-bond donors (Lipinski definition) is 1. The van der Waals surface area contributed by atoms with Crippen LogP contribution in [0.4, 0.5) is 10.3 Å². The molecule has 3 aromatic rings. The Hall–Kier alpha value is -2.84. The lowest BCUT2D eigenvalue weighted by Crippen LogP contribution is -2.29. The Bertz CT molecular complexity index is 1130. The van der Waals surface area contributed by atoms with Crippen molar-refractivity contribution >= 4 is 35.3 Å². The van der Waals surface area contributed by atoms with Gasteiger partial charge in [0.15, 0.2) is 0 Å². The lowest BCUT2D eigenvalue weighted by atomic mass is 9.96. The third-order valence-electron chi connectivity index (χ3n) is 4.80. The lowest BCUT2D eigenvalue weighted by Gasteiger charge is -2.28. The molecule has 0 saturated carbocycles. The molecule has 2 aromatic carbocycles. The molecule has 0 amide bonds. The number of benzene rings is 2. The predicted molar refractivity (Wildman–Crippen MR) is 119 cm³/mol. The highest BCUT2D eigenvalue weighted by molar-refractivity contribution is 7.98. The second-order valence-corrected chi connectivity index (χ2v) is 8.29. The molecule has 2 heterocycles. The number of ether oxygens (including phenoxy) is 1. The Labute approximate surface area is 188 Å². The maximum atomic E-state index is 13.5. The summed E-state index contributed by atoms with van der Waals surface area (Å²) in [6.07, 6.45) is 0. The zero-order valence-electron chi connectivity index (χ0n) is 16.9. The van der Waals surface area contributed by atoms with Crippen LogP contribution in [0.1, 0.15) is 31.0 Å². The maximum Gasteiger partial charge on any atom is 0.338 e. The molecule has 1 aliphatic heterocycles. The van der Waals surface area contributed by atoms with Crippen molar-refractivity contribution in [3.05, 3.63) is 81.8 Å². The van der Waals surface area contributed by atoms with E-state index in [2.05, 4.69) is 15.4 Å². The second-order valence-electron chi connectivity index (χ2n) is 6.92. The zero-order valence-corrected chi connectivity index (χ0v) is 18.5. The first-order valence-electron chi connectivity index (χ1n) is 9.70. The van der Waals surface area contributed by atoms with Crippen LogP contribution in [0.5, 0.6) is 0 Å². The minimum Gasteiger partial charge on any atom is -0.463 e. The van der Waals surface area contributed by atoms with Crippen LogP contribution in [0.15, 0.2) is 65.0 Å². The van der Waals surface area contributed by atoms with Gasteiger partial charge in [0.25, 0.3) is 0 Å². The summed E-state index contributed by atoms with van der Waals surface area (Å²) in [6, 6.07) is 13.0. The number of halogens is 2. The molecular formula is C22H20ClFN4O2S. The number of thioether (sulfide) groups is 1. The van der Waals surface area contributed by atoms with Gasteiger partial charge in [-0.05, 0) is 49.2 Å². The van der Waals surface area contributed by atoms with E-state index in [9.17, 15) is 9.18 Å². The Morgan fingerprint density at radius 1 is 1.23 bits per heavy atom. The second kappa shape index (κ2) is 9.11. The smallest absolute Gasteiger partial charge is 0.338 e. The third-order valence-corrected chi connectivity index (χ3v) is 5.96. The van der Waals surface area contributed by atoms with Gasteiger partial charge in [-0.2, -0.15) is 4.98 Å². The molecule has 31 heavy (non-hydrogen) atoms. The van der Waals surface area contributed by atoms with E-state index in [1.807, 2.05) is 24.3 Å². The maximum absolute atomic E-state index is 13.5. The van der Waals surface area contributed by atoms with Gasteiger partial charge in [0.2, 0.25) is 11.1 Å². The number of fused-ring (bicyclic) bond motifs is 1. The van der Waals surface area contributed by atoms with E-state index < -0.39 is 12.0 Å². The molecule has 1 atom stereocenters. The fourth-order valence-corrected chi connectivity index (χ4v) is 4.26. The van der Waals surface area contributed by atoms with E-state index in [0.717, 1.165) is 5.56 Å². The summed E-state index contributed by atoms with van der Waals surface area (Å²) in [6.45, 7) is 3.79. The molecule has 1 aromatic heterocycles. The van der Waals surface area contributed by atoms with Crippen molar-refractivity contribution in [1.29, 1.82) is 0 Å². The number of carbonyl (C=O) groups is 1. The highest BCUT2D eigenvalue weighted by atomic mass is 35.5. The van der Waals surface area contributed by atoms with Gasteiger partial charge in [-0.15, -0.1) is 5.10 Å². The number of hydrogen-bond acceptors (Lipinski definition) is 6. The zero-order chi connectivity index (χ0) is 22.0. The van der Waals surface area contributed by atoms with E-state index in [-0.39, 0.29) is 12.4 Å². The van der Waals surface area contributed by atoms with Gasteiger partial charge in [0, 0.05) is 16.5 Å². The molecule has 1 N–H and O–H groups in total. The molecule has 1 aliphatic rings. The lowest BCUT2D eigenvalue weighted by molar-refractivity contribution is -0.139. The first-order valence-corrected chi connectivity index (χ1v) is 11.1. The molecule has 0 spiro atoms. The summed E-state index contributed by atoms with van der Waals surface area (Å²) < 4.78 is 20.5. The fraction of sp³-hybridized carbons (Fsp3) is 0.227. The van der Waals surface area contributed by atoms with Gasteiger partial charge in [-0.1, -0.05) is 47.6 Å². The van der Waals surface area contributed by atoms with Crippen LogP contribution in [-0.4, -0.2) is 27.3 Å². The van der Waals surface area contributed by atoms with Crippen molar-refractivity contribution in [2.45, 2.75) is 30.8 Å². The number of nitrogens with zero attached hydrogens (tertiary/aromatic N) is 3. The number of anilines is 1. The number of allylic oxidation sites excluding steroid dienone is 1. The molecule has 6 nitrogen and oxygen atoms in total. The molecule has 0 saturated heterocycles. The first-order chi connectivity index (χ1) is 15.0. The van der Waals surface area contributed by atoms with Crippen LogP contribution in [0.2, 0.25) is 5.02 Å². The Morgan fingerprint density at radius 3 is 2.61 bits per heavy atom. The molecule has 160 valence electrons. The molecule has 0 unspecified atom stereocenters. The molecule has 0 fully saturated rings. The SMILES string of the molecule is CCOC(=O)C1=C(C)Nc2nc(SCc3ccc(Cl)cc3)nn2[C@@H]1c1ccc(F)cc1. The van der Waals surface area contributed by atoms with Crippen LogP contribution in [0, 0.1) is 5.82 Å². The van der Waals surface area contributed by atoms with Crippen LogP contribution in [0.3, 0.4) is 0 Å². The number of esters is 1. The minimum absolute atomic E-state index is 0.248. The number of carbonyl (C=O) groups excluding carboxylic acids is 1. The van der Waals surface area contributed by atoms with Gasteiger partial charge in [0.1, 0.15) is 11.9 Å². The number of aromatic nitrogens is 3. The Kier molecular flexibility index (Phi) is 6.29. The van der Waals surface area contributed by atoms with Gasteiger partial charge in [-0.3, -0.25) is 0 Å². The standard InChI is InChI=1S/C22H20ClFN4O2S/c1-3-30-20(29)18-13(2)25-21-26-22(31-12-14-4-8-16(23)9-5-14)27-28(21)19(18)15-6-10-17(24)11-7-15/h4-11,19H,3,12H2,1-2H3,(H,25,26,27)/t19-/m1/s1. The van der Waals surface area contributed by atoms with Gasteiger partial charge in [-0.25, -0.2) is 13.9 Å². The monoisotopic (exact) mass is 458 g/mol. The molecule has 9 heteroatoms. The highest BCUT2D eigenvalue weighted by Gasteiger charge is 2.35. The van der Waals surface area contributed by atoms with E-state index in [1.165, 1.54) is 23.9 Å². The average molecular weight is 459 g/mol. The molecule has 0 radical (unpaired) electrons. The summed E-state index contributed by atoms with van der Waals surface area (Å²) in [5.74, 6) is 0.379. The summed E-state index contributed by atoms with van der Waals surface area (Å²) in [4.78, 5) is 17.3. The van der Waals surface area contributed by atoms with Crippen molar-refractivity contribution in [2.24, 2.45) is 0 Å². The average Bonchev–Trinajstić information content (AvgIpc) is 3.15. The van der Waals surface area contributed by atoms with E-state index in [4.69, 9.17) is 16.3 Å². The van der Waals surface area contributed by atoms with Gasteiger partial charge in [0.05, 0.1) is 12.2 Å². The summed E-state index contributed by atoms with van der Waals surface area (Å²) >= 11 is 7.42. The van der Waals surface area contributed by atoms with Crippen LogP contribution in [0.25, 0.3) is 0 Å². The van der Waals surface area contributed by atoms with Crippen molar-refractivity contribution in [1.82, 2.24) is 14.8 Å². The fourth-order valence-electron chi connectivity index (χ4n) is 3.35. The largest absolute Gasteiger partial charge is 0.463 e. The van der Waals surface area contributed by atoms with Crippen molar-refractivity contribution < 1.29 is 13.9 Å². The Balaban J connectivity index is 1.67. The normalized spacial score (nSPS) is 15.4. The van der Waals surface area contributed by atoms with E-state index >= 15 is 0 Å². The quantitative estimate of drug-likeness (QED) is 0.403. The van der Waals surface area contributed by atoms with Crippen molar-refractivity contribution in [3.8, 4) is 0 Å². The van der Waals surface area contributed by atoms with E-state index in [0.29, 0.717) is 38.7 Å². The van der Waals surface area contributed by atoms with Crippen LogP contribution >= 0.6 is 23.4 Å². The van der Waals surface area contributed by atoms with Crippen LogP contribution < -0.4 is 5.32 Å². The van der Waals surface area contributed by atoms with Crippen LogP contribution in [-0.2, 0) is 15.3 Å².